The molecule has 0 bridgehead atoms. The second-order valence-electron chi connectivity index (χ2n) is 7.59. The molecule has 0 radical (unpaired) electrons. The molecule has 8 nitrogen and oxygen atoms in total. The number of urea groups is 1. The maximum atomic E-state index is 12.8. The fourth-order valence-corrected chi connectivity index (χ4v) is 3.94. The molecule has 2 aliphatic heterocycles. The first-order valence-corrected chi connectivity index (χ1v) is 9.82. The molecular weight excluding hydrogens is 360 g/mol. The van der Waals surface area contributed by atoms with Gasteiger partial charge >= 0.3 is 6.03 Å². The number of carbonyl (C=O) groups is 2. The highest BCUT2D eigenvalue weighted by atomic mass is 16.5. The molecule has 154 valence electrons. The number of anilines is 1. The second-order valence-corrected chi connectivity index (χ2v) is 7.59. The molecule has 0 saturated carbocycles. The fraction of sp³-hybridized carbons (Fsp3) is 0.600. The first-order chi connectivity index (χ1) is 13.4. The van der Waals surface area contributed by atoms with E-state index in [0.717, 1.165) is 5.69 Å². The summed E-state index contributed by atoms with van der Waals surface area (Å²) < 4.78 is 5.35. The van der Waals surface area contributed by atoms with Crippen LogP contribution < -0.4 is 15.0 Å². The highest BCUT2D eigenvalue weighted by molar-refractivity contribution is 6.02. The number of carbonyl (C=O) groups excluding carboxylic acids is 2. The van der Waals surface area contributed by atoms with Gasteiger partial charge in [-0.2, -0.15) is 0 Å². The third-order valence-corrected chi connectivity index (χ3v) is 5.43. The van der Waals surface area contributed by atoms with Gasteiger partial charge in [0.2, 0.25) is 5.91 Å². The zero-order valence-electron chi connectivity index (χ0n) is 16.8. The molecule has 28 heavy (non-hydrogen) atoms. The molecule has 3 unspecified atom stereocenters. The molecule has 2 heterocycles. The molecule has 3 atom stereocenters. The van der Waals surface area contributed by atoms with Crippen molar-refractivity contribution in [3.05, 3.63) is 24.3 Å². The predicted octanol–water partition coefficient (Wildman–Crippen LogP) is 0.897. The van der Waals surface area contributed by atoms with E-state index in [1.54, 1.807) is 23.8 Å². The van der Waals surface area contributed by atoms with Crippen LogP contribution in [0.5, 0.6) is 5.75 Å². The lowest BCUT2D eigenvalue weighted by atomic mass is 10.1. The zero-order chi connectivity index (χ0) is 20.3. The van der Waals surface area contributed by atoms with Gasteiger partial charge in [-0.05, 0) is 32.4 Å². The third-order valence-electron chi connectivity index (χ3n) is 5.43. The van der Waals surface area contributed by atoms with E-state index in [-0.39, 0.29) is 24.1 Å². The van der Waals surface area contributed by atoms with Gasteiger partial charge in [-0.3, -0.25) is 9.69 Å². The summed E-state index contributed by atoms with van der Waals surface area (Å²) in [6.45, 7) is 6.84. The van der Waals surface area contributed by atoms with E-state index >= 15 is 0 Å². The monoisotopic (exact) mass is 390 g/mol. The van der Waals surface area contributed by atoms with Crippen molar-refractivity contribution in [1.82, 2.24) is 15.1 Å². The minimum Gasteiger partial charge on any atom is -0.495 e. The van der Waals surface area contributed by atoms with Crippen LogP contribution >= 0.6 is 0 Å². The van der Waals surface area contributed by atoms with Crippen molar-refractivity contribution in [2.75, 3.05) is 44.7 Å². The highest BCUT2D eigenvalue weighted by Crippen LogP contribution is 2.31. The maximum Gasteiger partial charge on any atom is 0.318 e. The molecular formula is C20H30N4O4. The first-order valence-electron chi connectivity index (χ1n) is 9.82. The van der Waals surface area contributed by atoms with Gasteiger partial charge in [0.25, 0.3) is 0 Å². The smallest absolute Gasteiger partial charge is 0.318 e. The number of ether oxygens (including phenoxy) is 1. The molecule has 3 amide bonds. The van der Waals surface area contributed by atoms with Gasteiger partial charge in [0.15, 0.2) is 0 Å². The van der Waals surface area contributed by atoms with Gasteiger partial charge in [-0.1, -0.05) is 12.1 Å². The van der Waals surface area contributed by atoms with E-state index < -0.39 is 6.04 Å². The van der Waals surface area contributed by atoms with E-state index in [9.17, 15) is 14.7 Å². The molecule has 2 aliphatic rings. The quantitative estimate of drug-likeness (QED) is 0.780. The normalized spacial score (nSPS) is 24.4. The van der Waals surface area contributed by atoms with Gasteiger partial charge in [0.05, 0.1) is 18.9 Å². The lowest BCUT2D eigenvalue weighted by Gasteiger charge is -2.40. The largest absolute Gasteiger partial charge is 0.495 e. The van der Waals surface area contributed by atoms with E-state index in [2.05, 4.69) is 10.2 Å². The first kappa shape index (κ1) is 20.4. The number of β-amino-alcohol motifs (C(OH)–C–C–N with tert-alkyl or cyclic N) is 1. The number of aliphatic hydroxyl groups excluding tert-OH is 1. The average Bonchev–Trinajstić information content (AvgIpc) is 3.03. The van der Waals surface area contributed by atoms with Gasteiger partial charge in [0.1, 0.15) is 11.8 Å². The summed E-state index contributed by atoms with van der Waals surface area (Å²) in [7, 11) is 1.58. The number of hydrogen-bond donors (Lipinski definition) is 2. The summed E-state index contributed by atoms with van der Waals surface area (Å²) in [4.78, 5) is 31.1. The molecule has 2 N–H and O–H groups in total. The summed E-state index contributed by atoms with van der Waals surface area (Å²) in [5.74, 6) is 0.532. The molecule has 0 aromatic heterocycles. The van der Waals surface area contributed by atoms with E-state index in [1.165, 1.54) is 0 Å². The highest BCUT2D eigenvalue weighted by Gasteiger charge is 2.36. The lowest BCUT2D eigenvalue weighted by molar-refractivity contribution is -0.118. The van der Waals surface area contributed by atoms with Crippen LogP contribution in [0, 0.1) is 0 Å². The molecule has 8 heteroatoms. The van der Waals surface area contributed by atoms with E-state index in [4.69, 9.17) is 4.74 Å². The second kappa shape index (κ2) is 8.79. The van der Waals surface area contributed by atoms with Gasteiger partial charge < -0.3 is 25.0 Å². The molecule has 0 aliphatic carbocycles. The number of aliphatic hydroxyl groups is 1. The summed E-state index contributed by atoms with van der Waals surface area (Å²) in [5.41, 5.74) is 0.729. The Labute approximate surface area is 166 Å². The maximum absolute atomic E-state index is 12.8. The number of nitrogens with zero attached hydrogens (tertiary/aromatic N) is 3. The van der Waals surface area contributed by atoms with Crippen molar-refractivity contribution in [3.8, 4) is 5.75 Å². The SMILES string of the molecule is COc1ccccc1N1CCC(NC(=O)N2CCN(CC(C)O)C(C)C2)C1=O. The summed E-state index contributed by atoms with van der Waals surface area (Å²) >= 11 is 0. The number of benzene rings is 1. The Morgan fingerprint density at radius 2 is 2.07 bits per heavy atom. The van der Waals surface area contributed by atoms with Crippen LogP contribution in [0.2, 0.25) is 0 Å². The molecule has 3 rings (SSSR count). The standard InChI is InChI=1S/C20H30N4O4/c1-14-12-23(11-10-22(14)13-15(2)25)20(27)21-16-8-9-24(19(16)26)17-6-4-5-7-18(17)28-3/h4-7,14-16,25H,8-13H2,1-3H3,(H,21,27). The van der Waals surface area contributed by atoms with Gasteiger partial charge in [0, 0.05) is 38.8 Å². The van der Waals surface area contributed by atoms with Crippen LogP contribution in [-0.2, 0) is 4.79 Å². The number of rotatable bonds is 5. The van der Waals surface area contributed by atoms with Crippen LogP contribution in [0.3, 0.4) is 0 Å². The number of methoxy groups -OCH3 is 1. The van der Waals surface area contributed by atoms with Crippen LogP contribution in [0.4, 0.5) is 10.5 Å². The average molecular weight is 390 g/mol. The number of amides is 3. The Bertz CT molecular complexity index is 711. The molecule has 1 aromatic rings. The van der Waals surface area contributed by atoms with Gasteiger partial charge in [-0.15, -0.1) is 0 Å². The summed E-state index contributed by atoms with van der Waals surface area (Å²) in [6.07, 6.45) is 0.181. The summed E-state index contributed by atoms with van der Waals surface area (Å²) in [6, 6.07) is 6.84. The molecule has 1 aromatic carbocycles. The van der Waals surface area contributed by atoms with Gasteiger partial charge in [-0.25, -0.2) is 4.79 Å². The van der Waals surface area contributed by atoms with Crippen LogP contribution in [0.15, 0.2) is 24.3 Å². The lowest BCUT2D eigenvalue weighted by Crippen LogP contribution is -2.58. The Kier molecular flexibility index (Phi) is 6.41. The van der Waals surface area contributed by atoms with Crippen LogP contribution in [-0.4, -0.2) is 84.9 Å². The number of hydrogen-bond acceptors (Lipinski definition) is 5. The van der Waals surface area contributed by atoms with Crippen molar-refractivity contribution in [1.29, 1.82) is 0 Å². The zero-order valence-corrected chi connectivity index (χ0v) is 16.8. The fourth-order valence-electron chi connectivity index (χ4n) is 3.94. The molecule has 2 fully saturated rings. The summed E-state index contributed by atoms with van der Waals surface area (Å²) in [5, 5.41) is 12.5. The van der Waals surface area contributed by atoms with Crippen molar-refractivity contribution in [2.45, 2.75) is 38.5 Å². The van der Waals surface area contributed by atoms with Crippen molar-refractivity contribution in [3.63, 3.8) is 0 Å². The molecule has 2 saturated heterocycles. The number of piperazine rings is 1. The minimum atomic E-state index is -0.525. The number of nitrogens with one attached hydrogen (secondary N) is 1. The molecule has 0 spiro atoms. The Morgan fingerprint density at radius 3 is 2.75 bits per heavy atom. The van der Waals surface area contributed by atoms with E-state index in [0.29, 0.717) is 44.9 Å². The van der Waals surface area contributed by atoms with Crippen molar-refractivity contribution < 1.29 is 19.4 Å². The Morgan fingerprint density at radius 1 is 1.32 bits per heavy atom. The minimum absolute atomic E-state index is 0.112. The van der Waals surface area contributed by atoms with Crippen LogP contribution in [0.25, 0.3) is 0 Å². The van der Waals surface area contributed by atoms with Crippen molar-refractivity contribution >= 4 is 17.6 Å². The topological polar surface area (TPSA) is 85.3 Å². The Balaban J connectivity index is 1.58. The Hall–Kier alpha value is -2.32. The third kappa shape index (κ3) is 4.39. The van der Waals surface area contributed by atoms with E-state index in [1.807, 2.05) is 31.2 Å². The van der Waals surface area contributed by atoms with Crippen molar-refractivity contribution in [2.24, 2.45) is 0 Å². The predicted molar refractivity (Wildman–Crippen MR) is 107 cm³/mol. The number of para-hydroxylation sites is 2. The van der Waals surface area contributed by atoms with Crippen LogP contribution in [0.1, 0.15) is 20.3 Å².